The van der Waals surface area contributed by atoms with Crippen LogP contribution in [-0.4, -0.2) is 30.6 Å². The number of carbonyl (C=O) groups is 1. The van der Waals surface area contributed by atoms with E-state index in [0.29, 0.717) is 10.6 Å². The monoisotopic (exact) mass is 185 g/mol. The van der Waals surface area contributed by atoms with Crippen LogP contribution in [0, 0.1) is 0 Å². The first-order valence-electron chi connectivity index (χ1n) is 4.72. The predicted molar refractivity (Wildman–Crippen MR) is 54.8 cm³/mol. The third-order valence-corrected chi connectivity index (χ3v) is 2.39. The molecule has 1 N–H and O–H groups in total. The van der Waals surface area contributed by atoms with Gasteiger partial charge in [-0.1, -0.05) is 19.9 Å². The van der Waals surface area contributed by atoms with Crippen molar-refractivity contribution in [2.75, 3.05) is 14.1 Å². The van der Waals surface area contributed by atoms with Crippen molar-refractivity contribution in [1.82, 2.24) is 5.43 Å². The van der Waals surface area contributed by atoms with E-state index in [0.717, 1.165) is 12.8 Å². The maximum Gasteiger partial charge on any atom is 0.288 e. The fourth-order valence-corrected chi connectivity index (χ4v) is 1.18. The molecule has 0 aromatic rings. The van der Waals surface area contributed by atoms with E-state index in [4.69, 9.17) is 0 Å². The number of rotatable bonds is 5. The van der Waals surface area contributed by atoms with Crippen molar-refractivity contribution in [3.63, 3.8) is 0 Å². The summed E-state index contributed by atoms with van der Waals surface area (Å²) in [5.41, 5.74) is 2.87. The van der Waals surface area contributed by atoms with Crippen LogP contribution in [0.25, 0.3) is 0 Å². The Labute approximate surface area is 81.0 Å². The van der Waals surface area contributed by atoms with Crippen LogP contribution in [-0.2, 0) is 4.79 Å². The summed E-state index contributed by atoms with van der Waals surface area (Å²) in [5.74, 6) is -0.118. The van der Waals surface area contributed by atoms with Gasteiger partial charge in [-0.15, -0.1) is 0 Å². The first-order chi connectivity index (χ1) is 5.94. The SMILES string of the molecule is C=CC(=O)N[N+](C)(C)C(C)CCC. The second-order valence-corrected chi connectivity index (χ2v) is 3.86. The molecule has 1 amide bonds. The summed E-state index contributed by atoms with van der Waals surface area (Å²) in [6, 6.07) is 0.425. The third-order valence-electron chi connectivity index (χ3n) is 2.39. The van der Waals surface area contributed by atoms with Gasteiger partial charge in [0.2, 0.25) is 0 Å². The van der Waals surface area contributed by atoms with Gasteiger partial charge in [-0.2, -0.15) is 5.43 Å². The highest BCUT2D eigenvalue weighted by Crippen LogP contribution is 2.08. The van der Waals surface area contributed by atoms with E-state index in [1.807, 2.05) is 14.1 Å². The number of amides is 1. The lowest BCUT2D eigenvalue weighted by Crippen LogP contribution is -2.58. The molecule has 13 heavy (non-hydrogen) atoms. The zero-order chi connectivity index (χ0) is 10.5. The molecule has 1 atom stereocenters. The molecule has 0 bridgehead atoms. The van der Waals surface area contributed by atoms with E-state index < -0.39 is 0 Å². The average molecular weight is 185 g/mol. The van der Waals surface area contributed by atoms with Crippen molar-refractivity contribution in [2.45, 2.75) is 32.7 Å². The average Bonchev–Trinajstić information content (AvgIpc) is 2.04. The van der Waals surface area contributed by atoms with Crippen molar-refractivity contribution < 1.29 is 9.39 Å². The highest BCUT2D eigenvalue weighted by atomic mass is 16.2. The molecule has 0 heterocycles. The van der Waals surface area contributed by atoms with Crippen LogP contribution in [0.1, 0.15) is 26.7 Å². The molecule has 1 unspecified atom stereocenters. The van der Waals surface area contributed by atoms with Crippen molar-refractivity contribution in [2.24, 2.45) is 0 Å². The number of carbonyl (C=O) groups excluding carboxylic acids is 1. The molecule has 3 nitrogen and oxygen atoms in total. The highest BCUT2D eigenvalue weighted by Gasteiger charge is 2.24. The standard InChI is InChI=1S/C10H20N2O/c1-6-8-9(3)12(4,5)11-10(13)7-2/h7,9H,2,6,8H2,1,3-5H3/p+1. The Balaban J connectivity index is 4.19. The van der Waals surface area contributed by atoms with Crippen LogP contribution in [0.15, 0.2) is 12.7 Å². The van der Waals surface area contributed by atoms with Crippen LogP contribution in [0.4, 0.5) is 0 Å². The highest BCUT2D eigenvalue weighted by molar-refractivity contribution is 5.85. The van der Waals surface area contributed by atoms with Crippen molar-refractivity contribution in [1.29, 1.82) is 0 Å². The lowest BCUT2D eigenvalue weighted by Gasteiger charge is -2.34. The zero-order valence-electron chi connectivity index (χ0n) is 9.13. The zero-order valence-corrected chi connectivity index (χ0v) is 9.13. The molecule has 3 heteroatoms. The molecule has 0 fully saturated rings. The van der Waals surface area contributed by atoms with Crippen LogP contribution >= 0.6 is 0 Å². The van der Waals surface area contributed by atoms with E-state index in [1.54, 1.807) is 0 Å². The molecule has 0 aromatic carbocycles. The van der Waals surface area contributed by atoms with Crippen LogP contribution in [0.2, 0.25) is 0 Å². The molecule has 0 aliphatic rings. The summed E-state index contributed by atoms with van der Waals surface area (Å²) in [7, 11) is 3.98. The van der Waals surface area contributed by atoms with E-state index in [2.05, 4.69) is 25.9 Å². The molecular weight excluding hydrogens is 164 g/mol. The molecule has 0 radical (unpaired) electrons. The predicted octanol–water partition coefficient (Wildman–Crippen LogP) is 1.47. The van der Waals surface area contributed by atoms with Gasteiger partial charge < -0.3 is 0 Å². The molecule has 0 spiro atoms. The fraction of sp³-hybridized carbons (Fsp3) is 0.700. The maximum atomic E-state index is 11.1. The maximum absolute atomic E-state index is 11.1. The molecule has 0 aliphatic heterocycles. The summed E-state index contributed by atoms with van der Waals surface area (Å²) in [6.07, 6.45) is 3.54. The molecule has 0 rings (SSSR count). The number of nitrogens with one attached hydrogen (secondary N) is 1. The Kier molecular flexibility index (Phi) is 4.70. The Morgan fingerprint density at radius 3 is 2.54 bits per heavy atom. The van der Waals surface area contributed by atoms with Gasteiger partial charge in [0.05, 0.1) is 14.1 Å². The Hall–Kier alpha value is -0.830. The molecule has 76 valence electrons. The molecule has 0 saturated carbocycles. The summed E-state index contributed by atoms with van der Waals surface area (Å²) < 4.78 is 0.513. The van der Waals surface area contributed by atoms with Crippen LogP contribution in [0.3, 0.4) is 0 Å². The molecular formula is C10H21N2O+. The number of hydrogen-bond donors (Lipinski definition) is 1. The second kappa shape index (κ2) is 5.02. The van der Waals surface area contributed by atoms with Gasteiger partial charge in [-0.3, -0.25) is 4.79 Å². The van der Waals surface area contributed by atoms with Gasteiger partial charge in [0.25, 0.3) is 5.91 Å². The topological polar surface area (TPSA) is 29.1 Å². The van der Waals surface area contributed by atoms with Crippen molar-refractivity contribution in [3.05, 3.63) is 12.7 Å². The molecule has 0 aromatic heterocycles. The first kappa shape index (κ1) is 12.2. The quantitative estimate of drug-likeness (QED) is 0.392. The van der Waals surface area contributed by atoms with Gasteiger partial charge in [0, 0.05) is 12.5 Å². The van der Waals surface area contributed by atoms with E-state index in [-0.39, 0.29) is 5.91 Å². The van der Waals surface area contributed by atoms with Gasteiger partial charge >= 0.3 is 0 Å². The van der Waals surface area contributed by atoms with E-state index in [1.165, 1.54) is 6.08 Å². The third kappa shape index (κ3) is 4.08. The minimum Gasteiger partial charge on any atom is -0.265 e. The Morgan fingerprint density at radius 2 is 2.15 bits per heavy atom. The van der Waals surface area contributed by atoms with Crippen LogP contribution < -0.4 is 5.43 Å². The summed E-state index contributed by atoms with van der Waals surface area (Å²) >= 11 is 0. The van der Waals surface area contributed by atoms with Gasteiger partial charge in [-0.25, -0.2) is 4.59 Å². The summed E-state index contributed by atoms with van der Waals surface area (Å²) in [4.78, 5) is 11.1. The summed E-state index contributed by atoms with van der Waals surface area (Å²) in [6.45, 7) is 7.70. The largest absolute Gasteiger partial charge is 0.288 e. The first-order valence-corrected chi connectivity index (χ1v) is 4.72. The minimum absolute atomic E-state index is 0.118. The second-order valence-electron chi connectivity index (χ2n) is 3.86. The van der Waals surface area contributed by atoms with Crippen LogP contribution in [0.5, 0.6) is 0 Å². The summed E-state index contributed by atoms with van der Waals surface area (Å²) in [5, 5.41) is 0. The molecule has 0 saturated heterocycles. The number of hydrogen-bond acceptors (Lipinski definition) is 1. The Bertz CT molecular complexity index is 187. The van der Waals surface area contributed by atoms with Crippen molar-refractivity contribution >= 4 is 5.91 Å². The van der Waals surface area contributed by atoms with Gasteiger partial charge in [0.1, 0.15) is 6.04 Å². The molecule has 0 aliphatic carbocycles. The Morgan fingerprint density at radius 1 is 1.62 bits per heavy atom. The number of quaternary nitrogens is 1. The van der Waals surface area contributed by atoms with E-state index >= 15 is 0 Å². The lowest BCUT2D eigenvalue weighted by atomic mass is 10.2. The smallest absolute Gasteiger partial charge is 0.265 e. The minimum atomic E-state index is -0.118. The van der Waals surface area contributed by atoms with E-state index in [9.17, 15) is 4.79 Å². The lowest BCUT2D eigenvalue weighted by molar-refractivity contribution is -0.947. The fourth-order valence-electron chi connectivity index (χ4n) is 1.18. The van der Waals surface area contributed by atoms with Gasteiger partial charge in [-0.05, 0) is 6.92 Å². The van der Waals surface area contributed by atoms with Gasteiger partial charge in [0.15, 0.2) is 0 Å². The number of nitrogens with zero attached hydrogens (tertiary/aromatic N) is 1. The van der Waals surface area contributed by atoms with Crippen molar-refractivity contribution in [3.8, 4) is 0 Å². The normalized spacial score (nSPS) is 13.5.